The molecule has 0 spiro atoms. The zero-order chi connectivity index (χ0) is 13.4. The second-order valence-electron chi connectivity index (χ2n) is 5.36. The lowest BCUT2D eigenvalue weighted by molar-refractivity contribution is 0.0782. The van der Waals surface area contributed by atoms with Crippen molar-refractivity contribution in [2.45, 2.75) is 20.3 Å². The number of carbonyl (C=O) groups excluding carboxylic acids is 1. The summed E-state index contributed by atoms with van der Waals surface area (Å²) in [5.74, 6) is 0.476. The summed E-state index contributed by atoms with van der Waals surface area (Å²) in [6.45, 7) is 4.47. The van der Waals surface area contributed by atoms with E-state index in [1.165, 1.54) is 12.1 Å². The van der Waals surface area contributed by atoms with Crippen molar-refractivity contribution in [3.05, 3.63) is 29.1 Å². The molecule has 2 atom stereocenters. The van der Waals surface area contributed by atoms with Gasteiger partial charge in [-0.1, -0.05) is 6.92 Å². The molecule has 2 rings (SSSR count). The van der Waals surface area contributed by atoms with E-state index in [0.29, 0.717) is 29.6 Å². The van der Waals surface area contributed by atoms with Crippen molar-refractivity contribution in [1.82, 2.24) is 4.90 Å². The maximum absolute atomic E-state index is 13.9. The normalized spacial score (nSPS) is 21.8. The van der Waals surface area contributed by atoms with Gasteiger partial charge in [-0.2, -0.15) is 0 Å². The number of benzene rings is 1. The van der Waals surface area contributed by atoms with Crippen LogP contribution in [0.3, 0.4) is 0 Å². The molecule has 98 valence electrons. The fourth-order valence-corrected chi connectivity index (χ4v) is 2.25. The molecular formula is C14H19FN2O. The molecule has 3 nitrogen and oxygen atoms in total. The predicted molar refractivity (Wildman–Crippen MR) is 69.8 cm³/mol. The number of nitrogens with zero attached hydrogens (tertiary/aromatic N) is 1. The lowest BCUT2D eigenvalue weighted by atomic mass is 10.1. The number of nitrogen functional groups attached to an aromatic ring is 1. The molecule has 4 heteroatoms. The summed E-state index contributed by atoms with van der Waals surface area (Å²) in [4.78, 5) is 13.8. The Kier molecular flexibility index (Phi) is 3.28. The number of hydrogen-bond donors (Lipinski definition) is 1. The Morgan fingerprint density at radius 1 is 1.56 bits per heavy atom. The number of aryl methyl sites for hydroxylation is 1. The van der Waals surface area contributed by atoms with Gasteiger partial charge in [-0.25, -0.2) is 4.39 Å². The van der Waals surface area contributed by atoms with E-state index in [-0.39, 0.29) is 11.5 Å². The van der Waals surface area contributed by atoms with Gasteiger partial charge in [-0.05, 0) is 42.9 Å². The minimum absolute atomic E-state index is 0.0725. The third-order valence-electron chi connectivity index (χ3n) is 3.64. The molecule has 2 N–H and O–H groups in total. The first-order chi connectivity index (χ1) is 8.40. The van der Waals surface area contributed by atoms with Crippen molar-refractivity contribution in [3.8, 4) is 0 Å². The van der Waals surface area contributed by atoms with Crippen molar-refractivity contribution in [2.75, 3.05) is 19.3 Å². The van der Waals surface area contributed by atoms with Gasteiger partial charge in [-0.3, -0.25) is 4.79 Å². The molecule has 1 fully saturated rings. The Labute approximate surface area is 107 Å². The van der Waals surface area contributed by atoms with Crippen LogP contribution in [0.15, 0.2) is 12.1 Å². The van der Waals surface area contributed by atoms with Crippen LogP contribution in [-0.2, 0) is 0 Å². The summed E-state index contributed by atoms with van der Waals surface area (Å²) in [5.41, 5.74) is 6.57. The molecule has 0 aliphatic heterocycles. The largest absolute Gasteiger partial charge is 0.399 e. The number of anilines is 1. The summed E-state index contributed by atoms with van der Waals surface area (Å²) < 4.78 is 13.9. The molecule has 0 aromatic heterocycles. The van der Waals surface area contributed by atoms with E-state index in [0.717, 1.165) is 6.42 Å². The van der Waals surface area contributed by atoms with Gasteiger partial charge >= 0.3 is 0 Å². The number of carbonyl (C=O) groups is 1. The summed E-state index contributed by atoms with van der Waals surface area (Å²) in [6.07, 6.45) is 1.15. The van der Waals surface area contributed by atoms with Gasteiger partial charge < -0.3 is 10.6 Å². The summed E-state index contributed by atoms with van der Waals surface area (Å²) in [6, 6.07) is 2.95. The zero-order valence-electron chi connectivity index (χ0n) is 11.0. The second kappa shape index (κ2) is 4.59. The van der Waals surface area contributed by atoms with E-state index in [4.69, 9.17) is 5.73 Å². The van der Waals surface area contributed by atoms with E-state index < -0.39 is 5.82 Å². The van der Waals surface area contributed by atoms with Crippen LogP contribution >= 0.6 is 0 Å². The zero-order valence-corrected chi connectivity index (χ0v) is 11.0. The Morgan fingerprint density at radius 3 is 2.72 bits per heavy atom. The van der Waals surface area contributed by atoms with Crippen LogP contribution in [0.5, 0.6) is 0 Å². The average Bonchev–Trinajstić information content (AvgIpc) is 2.98. The van der Waals surface area contributed by atoms with Crippen molar-refractivity contribution in [2.24, 2.45) is 11.8 Å². The first-order valence-corrected chi connectivity index (χ1v) is 6.21. The number of hydrogen-bond acceptors (Lipinski definition) is 2. The fourth-order valence-electron chi connectivity index (χ4n) is 2.25. The van der Waals surface area contributed by atoms with Gasteiger partial charge in [0.2, 0.25) is 0 Å². The number of rotatable bonds is 3. The van der Waals surface area contributed by atoms with Crippen LogP contribution in [0.1, 0.15) is 29.3 Å². The molecule has 1 aliphatic carbocycles. The van der Waals surface area contributed by atoms with Crippen molar-refractivity contribution < 1.29 is 9.18 Å². The molecule has 1 aliphatic rings. The average molecular weight is 250 g/mol. The Balaban J connectivity index is 2.17. The number of nitrogens with two attached hydrogens (primary N) is 1. The molecule has 1 saturated carbocycles. The number of halogens is 1. The van der Waals surface area contributed by atoms with Crippen molar-refractivity contribution >= 4 is 11.6 Å². The van der Waals surface area contributed by atoms with Gasteiger partial charge in [0.15, 0.2) is 0 Å². The lowest BCUT2D eigenvalue weighted by Gasteiger charge is -2.18. The smallest absolute Gasteiger partial charge is 0.256 e. The molecule has 0 radical (unpaired) electrons. The molecule has 0 bridgehead atoms. The van der Waals surface area contributed by atoms with Crippen LogP contribution in [0.4, 0.5) is 10.1 Å². The topological polar surface area (TPSA) is 46.3 Å². The standard InChI is InChI=1S/C14H19FN2O/c1-8-4-10(8)7-17(3)14(18)12-6-11(16)5-9(2)13(12)15/h5-6,8,10H,4,7,16H2,1-3H3. The van der Waals surface area contributed by atoms with E-state index in [9.17, 15) is 9.18 Å². The highest BCUT2D eigenvalue weighted by atomic mass is 19.1. The second-order valence-corrected chi connectivity index (χ2v) is 5.36. The first kappa shape index (κ1) is 12.9. The van der Waals surface area contributed by atoms with Crippen LogP contribution in [0, 0.1) is 24.6 Å². The van der Waals surface area contributed by atoms with Crippen LogP contribution < -0.4 is 5.73 Å². The quantitative estimate of drug-likeness (QED) is 0.837. The molecule has 18 heavy (non-hydrogen) atoms. The summed E-state index contributed by atoms with van der Waals surface area (Å²) in [5, 5.41) is 0. The van der Waals surface area contributed by atoms with Gasteiger partial charge in [-0.15, -0.1) is 0 Å². The minimum atomic E-state index is -0.468. The fraction of sp³-hybridized carbons (Fsp3) is 0.500. The SMILES string of the molecule is Cc1cc(N)cc(C(=O)N(C)CC2CC2C)c1F. The van der Waals surface area contributed by atoms with E-state index in [2.05, 4.69) is 6.92 Å². The molecule has 0 heterocycles. The van der Waals surface area contributed by atoms with Crippen LogP contribution in [-0.4, -0.2) is 24.4 Å². The Morgan fingerprint density at radius 2 is 2.17 bits per heavy atom. The Hall–Kier alpha value is -1.58. The van der Waals surface area contributed by atoms with E-state index in [1.54, 1.807) is 18.9 Å². The monoisotopic (exact) mass is 250 g/mol. The molecule has 0 saturated heterocycles. The Bertz CT molecular complexity index is 487. The highest BCUT2D eigenvalue weighted by Gasteiger charge is 2.34. The highest BCUT2D eigenvalue weighted by Crippen LogP contribution is 2.38. The molecule has 1 amide bonds. The first-order valence-electron chi connectivity index (χ1n) is 6.21. The van der Waals surface area contributed by atoms with Gasteiger partial charge in [0.25, 0.3) is 5.91 Å². The van der Waals surface area contributed by atoms with E-state index in [1.807, 2.05) is 0 Å². The van der Waals surface area contributed by atoms with Crippen molar-refractivity contribution in [1.29, 1.82) is 0 Å². The maximum Gasteiger partial charge on any atom is 0.256 e. The predicted octanol–water partition coefficient (Wildman–Crippen LogP) is 2.44. The highest BCUT2D eigenvalue weighted by molar-refractivity contribution is 5.95. The van der Waals surface area contributed by atoms with Gasteiger partial charge in [0, 0.05) is 19.3 Å². The summed E-state index contributed by atoms with van der Waals surface area (Å²) in [7, 11) is 1.71. The van der Waals surface area contributed by atoms with Crippen molar-refractivity contribution in [3.63, 3.8) is 0 Å². The molecule has 1 aromatic rings. The summed E-state index contributed by atoms with van der Waals surface area (Å²) >= 11 is 0. The van der Waals surface area contributed by atoms with Gasteiger partial charge in [0.1, 0.15) is 5.82 Å². The van der Waals surface area contributed by atoms with Gasteiger partial charge in [0.05, 0.1) is 5.56 Å². The molecule has 1 aromatic carbocycles. The molecule has 2 unspecified atom stereocenters. The van der Waals surface area contributed by atoms with E-state index >= 15 is 0 Å². The lowest BCUT2D eigenvalue weighted by Crippen LogP contribution is -2.30. The van der Waals surface area contributed by atoms with Crippen LogP contribution in [0.2, 0.25) is 0 Å². The minimum Gasteiger partial charge on any atom is -0.399 e. The third kappa shape index (κ3) is 2.47. The third-order valence-corrected chi connectivity index (χ3v) is 3.64. The van der Waals surface area contributed by atoms with Crippen LogP contribution in [0.25, 0.3) is 0 Å². The molecular weight excluding hydrogens is 231 g/mol. The maximum atomic E-state index is 13.9. The number of amides is 1.